The summed E-state index contributed by atoms with van der Waals surface area (Å²) in [5.74, 6) is 0.661. The van der Waals surface area contributed by atoms with Gasteiger partial charge in [0.2, 0.25) is 0 Å². The average Bonchev–Trinajstić information content (AvgIpc) is 3.18. The van der Waals surface area contributed by atoms with E-state index < -0.39 is 0 Å². The van der Waals surface area contributed by atoms with Gasteiger partial charge in [-0.1, -0.05) is 29.5 Å². The van der Waals surface area contributed by atoms with Crippen LogP contribution in [0.2, 0.25) is 0 Å². The van der Waals surface area contributed by atoms with E-state index in [0.29, 0.717) is 12.5 Å². The molecule has 0 amide bonds. The molecule has 1 aromatic heterocycles. The maximum atomic E-state index is 5.85. The van der Waals surface area contributed by atoms with Crippen LogP contribution in [0.15, 0.2) is 24.3 Å². The third-order valence-corrected chi connectivity index (χ3v) is 4.80. The second-order valence-electron chi connectivity index (χ2n) is 5.13. The highest BCUT2D eigenvalue weighted by Crippen LogP contribution is 2.44. The number of nitrogens with two attached hydrogens (primary N) is 1. The minimum Gasteiger partial charge on any atom is -0.326 e. The predicted octanol–water partition coefficient (Wildman–Crippen LogP) is 3.56. The maximum Gasteiger partial charge on any atom is 0.190 e. The molecule has 1 aliphatic carbocycles. The first-order chi connectivity index (χ1) is 9.20. The van der Waals surface area contributed by atoms with E-state index in [4.69, 9.17) is 10.7 Å². The van der Waals surface area contributed by atoms with Crippen LogP contribution in [0.4, 0.5) is 10.8 Å². The number of nitrogens with zero attached hydrogens (tertiary/aromatic N) is 2. The highest BCUT2D eigenvalue weighted by Gasteiger charge is 2.29. The van der Waals surface area contributed by atoms with Crippen molar-refractivity contribution in [3.05, 3.63) is 40.4 Å². The Morgan fingerprint density at radius 2 is 2.11 bits per heavy atom. The molecule has 100 valence electrons. The summed E-state index contributed by atoms with van der Waals surface area (Å²) >= 11 is 1.73. The summed E-state index contributed by atoms with van der Waals surface area (Å²) in [5.41, 5.74) is 9.57. The summed E-state index contributed by atoms with van der Waals surface area (Å²) in [6.07, 6.45) is 2.54. The van der Waals surface area contributed by atoms with Crippen LogP contribution in [0, 0.1) is 6.92 Å². The van der Waals surface area contributed by atoms with Gasteiger partial charge in [-0.3, -0.25) is 0 Å². The lowest BCUT2D eigenvalue weighted by Crippen LogP contribution is -2.10. The first-order valence-corrected chi connectivity index (χ1v) is 7.51. The number of para-hydroxylation sites is 1. The first kappa shape index (κ1) is 12.6. The Balaban J connectivity index is 1.95. The number of thiazole rings is 1. The molecule has 1 saturated carbocycles. The minimum atomic E-state index is 0.602. The third kappa shape index (κ3) is 2.38. The molecule has 0 unspecified atom stereocenters. The molecule has 4 heteroatoms. The Kier molecular flexibility index (Phi) is 3.29. The number of anilines is 2. The Morgan fingerprint density at radius 1 is 1.37 bits per heavy atom. The van der Waals surface area contributed by atoms with Crippen LogP contribution in [0.5, 0.6) is 0 Å². The topological polar surface area (TPSA) is 42.2 Å². The van der Waals surface area contributed by atoms with Crippen LogP contribution >= 0.6 is 11.3 Å². The summed E-state index contributed by atoms with van der Waals surface area (Å²) in [4.78, 5) is 8.24. The second-order valence-corrected chi connectivity index (χ2v) is 6.19. The molecular weight excluding hydrogens is 254 g/mol. The monoisotopic (exact) mass is 273 g/mol. The van der Waals surface area contributed by atoms with E-state index in [0.717, 1.165) is 5.13 Å². The SMILES string of the molecule is Cc1ccccc1N(C)c1nc(C2CC2)c(CN)s1. The Bertz CT molecular complexity index is 587. The summed E-state index contributed by atoms with van der Waals surface area (Å²) < 4.78 is 0. The lowest BCUT2D eigenvalue weighted by atomic mass is 10.2. The smallest absolute Gasteiger partial charge is 0.190 e. The molecule has 1 aromatic carbocycles. The number of hydrogen-bond donors (Lipinski definition) is 1. The fourth-order valence-corrected chi connectivity index (χ4v) is 3.36. The molecule has 0 aliphatic heterocycles. The molecule has 0 radical (unpaired) electrons. The van der Waals surface area contributed by atoms with Gasteiger partial charge in [-0.15, -0.1) is 0 Å². The maximum absolute atomic E-state index is 5.85. The Morgan fingerprint density at radius 3 is 2.74 bits per heavy atom. The molecule has 1 fully saturated rings. The molecule has 2 aromatic rings. The van der Waals surface area contributed by atoms with Gasteiger partial charge >= 0.3 is 0 Å². The van der Waals surface area contributed by atoms with Crippen molar-refractivity contribution in [2.24, 2.45) is 5.73 Å². The number of aromatic nitrogens is 1. The van der Waals surface area contributed by atoms with Crippen molar-refractivity contribution in [1.29, 1.82) is 0 Å². The van der Waals surface area contributed by atoms with Crippen molar-refractivity contribution in [3.8, 4) is 0 Å². The van der Waals surface area contributed by atoms with E-state index in [9.17, 15) is 0 Å². The lowest BCUT2D eigenvalue weighted by molar-refractivity contribution is 0.971. The first-order valence-electron chi connectivity index (χ1n) is 6.69. The van der Waals surface area contributed by atoms with E-state index >= 15 is 0 Å². The zero-order valence-corrected chi connectivity index (χ0v) is 12.2. The van der Waals surface area contributed by atoms with Crippen molar-refractivity contribution >= 4 is 22.2 Å². The van der Waals surface area contributed by atoms with Crippen molar-refractivity contribution in [3.63, 3.8) is 0 Å². The van der Waals surface area contributed by atoms with Gasteiger partial charge in [0.1, 0.15) is 0 Å². The molecule has 0 bridgehead atoms. The zero-order chi connectivity index (χ0) is 13.4. The van der Waals surface area contributed by atoms with Crippen LogP contribution in [0.3, 0.4) is 0 Å². The fraction of sp³-hybridized carbons (Fsp3) is 0.400. The molecule has 2 N–H and O–H groups in total. The number of benzene rings is 1. The summed E-state index contributed by atoms with van der Waals surface area (Å²) in [7, 11) is 2.08. The summed E-state index contributed by atoms with van der Waals surface area (Å²) in [5, 5.41) is 1.05. The van der Waals surface area contributed by atoms with E-state index in [2.05, 4.69) is 43.1 Å². The van der Waals surface area contributed by atoms with Crippen molar-refractivity contribution < 1.29 is 0 Å². The summed E-state index contributed by atoms with van der Waals surface area (Å²) in [6.45, 7) is 2.73. The molecule has 3 nitrogen and oxygen atoms in total. The predicted molar refractivity (Wildman–Crippen MR) is 81.2 cm³/mol. The summed E-state index contributed by atoms with van der Waals surface area (Å²) in [6, 6.07) is 8.40. The van der Waals surface area contributed by atoms with Crippen LogP contribution in [-0.2, 0) is 6.54 Å². The van der Waals surface area contributed by atoms with Crippen LogP contribution in [0.1, 0.15) is 34.9 Å². The van der Waals surface area contributed by atoms with Crippen LogP contribution in [0.25, 0.3) is 0 Å². The quantitative estimate of drug-likeness (QED) is 0.926. The van der Waals surface area contributed by atoms with Gasteiger partial charge < -0.3 is 10.6 Å². The molecule has 19 heavy (non-hydrogen) atoms. The normalized spacial score (nSPS) is 14.7. The van der Waals surface area contributed by atoms with Crippen molar-refractivity contribution in [2.45, 2.75) is 32.2 Å². The molecule has 1 heterocycles. The number of hydrogen-bond acceptors (Lipinski definition) is 4. The van der Waals surface area contributed by atoms with Gasteiger partial charge in [0.05, 0.1) is 5.69 Å². The highest BCUT2D eigenvalue weighted by atomic mass is 32.1. The largest absolute Gasteiger partial charge is 0.326 e. The molecular formula is C15H19N3S. The molecule has 3 rings (SSSR count). The van der Waals surface area contributed by atoms with Crippen LogP contribution in [-0.4, -0.2) is 12.0 Å². The van der Waals surface area contributed by atoms with Gasteiger partial charge in [0.15, 0.2) is 5.13 Å². The number of rotatable bonds is 4. The van der Waals surface area contributed by atoms with Crippen LogP contribution < -0.4 is 10.6 Å². The minimum absolute atomic E-state index is 0.602. The van der Waals surface area contributed by atoms with Gasteiger partial charge in [-0.25, -0.2) is 4.98 Å². The number of aryl methyl sites for hydroxylation is 1. The van der Waals surface area contributed by atoms with Gasteiger partial charge in [-0.2, -0.15) is 0 Å². The zero-order valence-electron chi connectivity index (χ0n) is 11.4. The molecule has 1 aliphatic rings. The van der Waals surface area contributed by atoms with Gasteiger partial charge in [0, 0.05) is 30.1 Å². The van der Waals surface area contributed by atoms with E-state index in [-0.39, 0.29) is 0 Å². The van der Waals surface area contributed by atoms with Crippen molar-refractivity contribution in [2.75, 3.05) is 11.9 Å². The lowest BCUT2D eigenvalue weighted by Gasteiger charge is -2.18. The second kappa shape index (κ2) is 4.94. The van der Waals surface area contributed by atoms with E-state index in [1.165, 1.54) is 34.7 Å². The molecule has 0 spiro atoms. The Labute approximate surface area is 118 Å². The van der Waals surface area contributed by atoms with Crippen molar-refractivity contribution in [1.82, 2.24) is 4.98 Å². The van der Waals surface area contributed by atoms with E-state index in [1.54, 1.807) is 11.3 Å². The highest BCUT2D eigenvalue weighted by molar-refractivity contribution is 7.15. The standard InChI is InChI=1S/C15H19N3S/c1-10-5-3-4-6-12(10)18(2)15-17-14(11-7-8-11)13(9-16)19-15/h3-6,11H,7-9,16H2,1-2H3. The fourth-order valence-electron chi connectivity index (χ4n) is 2.36. The molecule has 0 atom stereocenters. The molecule has 0 saturated heterocycles. The van der Waals surface area contributed by atoms with E-state index in [1.807, 2.05) is 0 Å². The van der Waals surface area contributed by atoms with Gasteiger partial charge in [0.25, 0.3) is 0 Å². The third-order valence-electron chi connectivity index (χ3n) is 3.63. The Hall–Kier alpha value is -1.39. The van der Waals surface area contributed by atoms with Gasteiger partial charge in [-0.05, 0) is 31.4 Å². The average molecular weight is 273 g/mol.